The second-order valence-corrected chi connectivity index (χ2v) is 6.04. The van der Waals surface area contributed by atoms with Gasteiger partial charge in [0.05, 0.1) is 9.82 Å². The van der Waals surface area contributed by atoms with Gasteiger partial charge in [-0.15, -0.1) is 0 Å². The van der Waals surface area contributed by atoms with Crippen LogP contribution in [0.2, 0.25) is 0 Å². The van der Waals surface area contributed by atoms with Crippen LogP contribution in [0.3, 0.4) is 0 Å². The topological polar surface area (TPSA) is 142 Å². The van der Waals surface area contributed by atoms with Gasteiger partial charge in [0, 0.05) is 12.6 Å². The number of amides is 1. The fraction of sp³-hybridized carbons (Fsp3) is 0.417. The third-order valence-corrected chi connectivity index (χ3v) is 3.59. The van der Waals surface area contributed by atoms with Gasteiger partial charge >= 0.3 is 5.69 Å². The number of nitrogens with two attached hydrogens (primary N) is 1. The number of carbonyl (C=O) groups is 1. The first kappa shape index (κ1) is 17.9. The van der Waals surface area contributed by atoms with Crippen LogP contribution in [0, 0.1) is 10.1 Å². The lowest BCUT2D eigenvalue weighted by Crippen LogP contribution is -2.36. The van der Waals surface area contributed by atoms with Gasteiger partial charge in [0.15, 0.2) is 11.9 Å². The standard InChI is InChI=1S/C12H17N3O6S/c1-3-6-14-12(16)8(2)21-11-5-4-9(22(13,19)20)7-10(11)15(17)18/h4-5,7-8H,3,6H2,1-2H3,(H,14,16)(H2,13,19,20). The number of primary sulfonamides is 1. The molecule has 1 rings (SSSR count). The van der Waals surface area contributed by atoms with Gasteiger partial charge in [-0.05, 0) is 25.5 Å². The molecule has 0 aliphatic heterocycles. The summed E-state index contributed by atoms with van der Waals surface area (Å²) in [6.45, 7) is 3.77. The van der Waals surface area contributed by atoms with Crippen molar-refractivity contribution in [2.24, 2.45) is 5.14 Å². The Morgan fingerprint density at radius 3 is 2.64 bits per heavy atom. The highest BCUT2D eigenvalue weighted by molar-refractivity contribution is 7.89. The molecular weight excluding hydrogens is 314 g/mol. The first-order valence-corrected chi connectivity index (χ1v) is 7.97. The van der Waals surface area contributed by atoms with Gasteiger partial charge in [-0.1, -0.05) is 6.92 Å². The van der Waals surface area contributed by atoms with Crippen molar-refractivity contribution in [3.05, 3.63) is 28.3 Å². The molecule has 0 fully saturated rings. The average molecular weight is 331 g/mol. The first-order chi connectivity index (χ1) is 10.2. The molecule has 0 heterocycles. The van der Waals surface area contributed by atoms with E-state index in [-0.39, 0.29) is 5.75 Å². The van der Waals surface area contributed by atoms with Gasteiger partial charge in [0.1, 0.15) is 0 Å². The minimum atomic E-state index is -4.07. The summed E-state index contributed by atoms with van der Waals surface area (Å²) in [4.78, 5) is 21.5. The smallest absolute Gasteiger partial charge is 0.312 e. The fourth-order valence-corrected chi connectivity index (χ4v) is 2.09. The van der Waals surface area contributed by atoms with Crippen LogP contribution in [-0.2, 0) is 14.8 Å². The lowest BCUT2D eigenvalue weighted by atomic mass is 10.3. The molecule has 0 radical (unpaired) electrons. The van der Waals surface area contributed by atoms with E-state index in [0.717, 1.165) is 24.6 Å². The van der Waals surface area contributed by atoms with Gasteiger partial charge in [0.2, 0.25) is 10.0 Å². The Bertz CT molecular complexity index is 673. The SMILES string of the molecule is CCCNC(=O)C(C)Oc1ccc(S(N)(=O)=O)cc1[N+](=O)[O-]. The van der Waals surface area contributed by atoms with Crippen LogP contribution >= 0.6 is 0 Å². The normalized spacial score (nSPS) is 12.5. The molecule has 0 aliphatic rings. The third kappa shape index (κ3) is 4.67. The largest absolute Gasteiger partial charge is 0.474 e. The summed E-state index contributed by atoms with van der Waals surface area (Å²) in [5.41, 5.74) is -0.582. The molecule has 1 atom stereocenters. The molecule has 10 heteroatoms. The maximum Gasteiger partial charge on any atom is 0.312 e. The second kappa shape index (κ2) is 7.18. The molecule has 1 amide bonds. The lowest BCUT2D eigenvalue weighted by Gasteiger charge is -2.14. The van der Waals surface area contributed by atoms with E-state index < -0.39 is 37.5 Å². The zero-order chi connectivity index (χ0) is 16.9. The molecule has 0 aromatic heterocycles. The van der Waals surface area contributed by atoms with E-state index in [0.29, 0.717) is 6.54 Å². The molecule has 9 nitrogen and oxygen atoms in total. The lowest BCUT2D eigenvalue weighted by molar-refractivity contribution is -0.386. The molecule has 22 heavy (non-hydrogen) atoms. The number of hydrogen-bond acceptors (Lipinski definition) is 6. The molecule has 0 saturated carbocycles. The van der Waals surface area contributed by atoms with Crippen molar-refractivity contribution in [1.29, 1.82) is 0 Å². The number of nitrogens with one attached hydrogen (secondary N) is 1. The summed E-state index contributed by atoms with van der Waals surface area (Å²) < 4.78 is 27.7. The van der Waals surface area contributed by atoms with E-state index in [1.165, 1.54) is 6.92 Å². The van der Waals surface area contributed by atoms with Crippen LogP contribution in [0.15, 0.2) is 23.1 Å². The summed E-state index contributed by atoms with van der Waals surface area (Å²) in [5, 5.41) is 18.5. The first-order valence-electron chi connectivity index (χ1n) is 6.42. The molecule has 0 bridgehead atoms. The van der Waals surface area contributed by atoms with Crippen LogP contribution < -0.4 is 15.2 Å². The number of carbonyl (C=O) groups excluding carboxylic acids is 1. The third-order valence-electron chi connectivity index (χ3n) is 2.68. The van der Waals surface area contributed by atoms with Gasteiger partial charge in [-0.25, -0.2) is 13.6 Å². The Labute approximate surface area is 127 Å². The molecule has 1 unspecified atom stereocenters. The van der Waals surface area contributed by atoms with Crippen molar-refractivity contribution in [3.63, 3.8) is 0 Å². The highest BCUT2D eigenvalue weighted by Gasteiger charge is 2.23. The van der Waals surface area contributed by atoms with Crippen molar-refractivity contribution in [2.45, 2.75) is 31.3 Å². The molecule has 1 aromatic rings. The number of nitro groups is 1. The van der Waals surface area contributed by atoms with Crippen molar-refractivity contribution in [2.75, 3.05) is 6.54 Å². The summed E-state index contributed by atoms with van der Waals surface area (Å²) in [5.74, 6) is -0.636. The van der Waals surface area contributed by atoms with Crippen molar-refractivity contribution in [1.82, 2.24) is 5.32 Å². The Morgan fingerprint density at radius 1 is 1.50 bits per heavy atom. The maximum absolute atomic E-state index is 11.7. The van der Waals surface area contributed by atoms with Gasteiger partial charge in [-0.3, -0.25) is 14.9 Å². The summed E-state index contributed by atoms with van der Waals surface area (Å²) >= 11 is 0. The Morgan fingerprint density at radius 2 is 2.14 bits per heavy atom. The Hall–Kier alpha value is -2.20. The Kier molecular flexibility index (Phi) is 5.83. The molecule has 0 spiro atoms. The van der Waals surface area contributed by atoms with Crippen LogP contribution in [0.1, 0.15) is 20.3 Å². The number of benzene rings is 1. The predicted octanol–water partition coefficient (Wildman–Crippen LogP) is 0.536. The molecular formula is C12H17N3O6S. The number of nitro benzene ring substituents is 1. The Balaban J connectivity index is 3.05. The highest BCUT2D eigenvalue weighted by atomic mass is 32.2. The fourth-order valence-electron chi connectivity index (χ4n) is 1.55. The van der Waals surface area contributed by atoms with Crippen LogP contribution in [-0.4, -0.2) is 31.9 Å². The van der Waals surface area contributed by atoms with E-state index in [4.69, 9.17) is 9.88 Å². The van der Waals surface area contributed by atoms with Crippen molar-refractivity contribution in [3.8, 4) is 5.75 Å². The zero-order valence-electron chi connectivity index (χ0n) is 12.1. The number of ether oxygens (including phenoxy) is 1. The number of hydrogen-bond donors (Lipinski definition) is 2. The molecule has 122 valence electrons. The number of sulfonamides is 1. The number of nitrogens with zero attached hydrogens (tertiary/aromatic N) is 1. The summed E-state index contributed by atoms with van der Waals surface area (Å²) in [6, 6.07) is 2.97. The number of rotatable bonds is 7. The monoisotopic (exact) mass is 331 g/mol. The van der Waals surface area contributed by atoms with E-state index in [1.54, 1.807) is 0 Å². The van der Waals surface area contributed by atoms with E-state index in [2.05, 4.69) is 5.32 Å². The van der Waals surface area contributed by atoms with E-state index in [9.17, 15) is 23.3 Å². The molecule has 1 aromatic carbocycles. The van der Waals surface area contributed by atoms with Crippen molar-refractivity contribution >= 4 is 21.6 Å². The van der Waals surface area contributed by atoms with E-state index >= 15 is 0 Å². The minimum absolute atomic E-state index is 0.212. The average Bonchev–Trinajstić information content (AvgIpc) is 2.43. The van der Waals surface area contributed by atoms with Crippen LogP contribution in [0.25, 0.3) is 0 Å². The molecule has 0 aliphatic carbocycles. The summed E-state index contributed by atoms with van der Waals surface area (Å²) in [6.07, 6.45) is -0.229. The van der Waals surface area contributed by atoms with E-state index in [1.807, 2.05) is 6.92 Å². The zero-order valence-corrected chi connectivity index (χ0v) is 12.9. The molecule has 0 saturated heterocycles. The van der Waals surface area contributed by atoms with Gasteiger partial charge in [0.25, 0.3) is 5.91 Å². The second-order valence-electron chi connectivity index (χ2n) is 4.48. The van der Waals surface area contributed by atoms with Crippen molar-refractivity contribution < 1.29 is 22.9 Å². The van der Waals surface area contributed by atoms with Gasteiger partial charge < -0.3 is 10.1 Å². The van der Waals surface area contributed by atoms with Crippen LogP contribution in [0.5, 0.6) is 5.75 Å². The highest BCUT2D eigenvalue weighted by Crippen LogP contribution is 2.30. The predicted molar refractivity (Wildman–Crippen MR) is 77.9 cm³/mol. The van der Waals surface area contributed by atoms with Gasteiger partial charge in [-0.2, -0.15) is 0 Å². The quantitative estimate of drug-likeness (QED) is 0.551. The minimum Gasteiger partial charge on any atom is -0.474 e. The van der Waals surface area contributed by atoms with Crippen LogP contribution in [0.4, 0.5) is 5.69 Å². The summed E-state index contributed by atoms with van der Waals surface area (Å²) in [7, 11) is -4.07. The maximum atomic E-state index is 11.7. The molecule has 3 N–H and O–H groups in total.